The topological polar surface area (TPSA) is 40.2 Å². The summed E-state index contributed by atoms with van der Waals surface area (Å²) in [5.74, 6) is 1.42. The van der Waals surface area contributed by atoms with Crippen molar-refractivity contribution >= 4 is 5.69 Å². The van der Waals surface area contributed by atoms with Gasteiger partial charge in [0.05, 0.1) is 27.4 Å². The van der Waals surface area contributed by atoms with Crippen LogP contribution in [0.2, 0.25) is 0 Å². The molecule has 0 saturated heterocycles. The van der Waals surface area contributed by atoms with Crippen LogP contribution in [0.1, 0.15) is 5.56 Å². The summed E-state index contributed by atoms with van der Waals surface area (Å²) in [6.07, 6.45) is 0. The molecule has 1 aromatic rings. The zero-order valence-electron chi connectivity index (χ0n) is 12.8. The Hall–Kier alpha value is -1.46. The molecule has 113 valence electrons. The number of benzene rings is 1. The standard InChI is InChI=1S/C15H24NO4/c1-12-14(19-4)10-13(11-15(12)20-5)16(6-8-17-2)7-9-18-3/h10-11H,1,6-9H2,2-5H3. The van der Waals surface area contributed by atoms with E-state index in [4.69, 9.17) is 18.9 Å². The minimum atomic E-state index is 0.639. The van der Waals surface area contributed by atoms with Gasteiger partial charge in [-0.2, -0.15) is 0 Å². The summed E-state index contributed by atoms with van der Waals surface area (Å²) in [5.41, 5.74) is 1.75. The first-order valence-electron chi connectivity index (χ1n) is 6.48. The summed E-state index contributed by atoms with van der Waals surface area (Å²) in [7, 11) is 6.63. The lowest BCUT2D eigenvalue weighted by Gasteiger charge is -2.25. The molecule has 0 fully saturated rings. The predicted molar refractivity (Wildman–Crippen MR) is 80.0 cm³/mol. The Labute approximate surface area is 121 Å². The number of methoxy groups -OCH3 is 4. The number of hydrogen-bond acceptors (Lipinski definition) is 5. The number of hydrogen-bond donors (Lipinski definition) is 0. The Morgan fingerprint density at radius 3 is 1.70 bits per heavy atom. The fourth-order valence-electron chi connectivity index (χ4n) is 1.93. The van der Waals surface area contributed by atoms with Gasteiger partial charge in [0.1, 0.15) is 11.5 Å². The molecule has 1 aromatic carbocycles. The van der Waals surface area contributed by atoms with Crippen molar-refractivity contribution < 1.29 is 18.9 Å². The summed E-state index contributed by atoms with van der Waals surface area (Å²) in [5, 5.41) is 0. The molecule has 0 spiro atoms. The second kappa shape index (κ2) is 8.66. The van der Waals surface area contributed by atoms with E-state index in [2.05, 4.69) is 11.8 Å². The van der Waals surface area contributed by atoms with Crippen molar-refractivity contribution in [3.8, 4) is 11.5 Å². The van der Waals surface area contributed by atoms with E-state index in [1.165, 1.54) is 0 Å². The van der Waals surface area contributed by atoms with Crippen molar-refractivity contribution in [1.82, 2.24) is 0 Å². The van der Waals surface area contributed by atoms with Crippen LogP contribution in [0.3, 0.4) is 0 Å². The van der Waals surface area contributed by atoms with E-state index in [1.54, 1.807) is 28.4 Å². The first-order valence-corrected chi connectivity index (χ1v) is 6.48. The Morgan fingerprint density at radius 2 is 1.35 bits per heavy atom. The van der Waals surface area contributed by atoms with Gasteiger partial charge in [-0.25, -0.2) is 0 Å². The molecule has 0 aliphatic carbocycles. The first kappa shape index (κ1) is 16.6. The van der Waals surface area contributed by atoms with E-state index >= 15 is 0 Å². The smallest absolute Gasteiger partial charge is 0.127 e. The highest BCUT2D eigenvalue weighted by Gasteiger charge is 2.13. The van der Waals surface area contributed by atoms with Crippen molar-refractivity contribution in [2.75, 3.05) is 59.6 Å². The maximum atomic E-state index is 5.36. The molecule has 0 N–H and O–H groups in total. The highest BCUT2D eigenvalue weighted by molar-refractivity contribution is 5.61. The normalized spacial score (nSPS) is 10.4. The average Bonchev–Trinajstić information content (AvgIpc) is 2.48. The fraction of sp³-hybridized carbons (Fsp3) is 0.533. The molecule has 0 aromatic heterocycles. The highest BCUT2D eigenvalue weighted by Crippen LogP contribution is 2.33. The van der Waals surface area contributed by atoms with Crippen LogP contribution >= 0.6 is 0 Å². The Morgan fingerprint density at radius 1 is 0.900 bits per heavy atom. The SMILES string of the molecule is [CH2]c1c(OC)cc(N(CCOC)CCOC)cc1OC. The minimum absolute atomic E-state index is 0.639. The van der Waals surface area contributed by atoms with Crippen molar-refractivity contribution in [3.05, 3.63) is 24.6 Å². The van der Waals surface area contributed by atoms with Gasteiger partial charge in [-0.1, -0.05) is 0 Å². The highest BCUT2D eigenvalue weighted by atomic mass is 16.5. The van der Waals surface area contributed by atoms with E-state index in [9.17, 15) is 0 Å². The van der Waals surface area contributed by atoms with Crippen LogP contribution in [-0.2, 0) is 9.47 Å². The van der Waals surface area contributed by atoms with Gasteiger partial charge < -0.3 is 23.8 Å². The van der Waals surface area contributed by atoms with E-state index in [-0.39, 0.29) is 0 Å². The summed E-state index contributed by atoms with van der Waals surface area (Å²) >= 11 is 0. The van der Waals surface area contributed by atoms with Crippen LogP contribution in [0.15, 0.2) is 12.1 Å². The Bertz CT molecular complexity index is 376. The van der Waals surface area contributed by atoms with Crippen LogP contribution in [0, 0.1) is 6.92 Å². The monoisotopic (exact) mass is 282 g/mol. The van der Waals surface area contributed by atoms with E-state index in [1.807, 2.05) is 12.1 Å². The molecule has 1 radical (unpaired) electrons. The Kier molecular flexibility index (Phi) is 7.18. The molecule has 0 bridgehead atoms. The molecule has 0 unspecified atom stereocenters. The molecule has 5 heteroatoms. The van der Waals surface area contributed by atoms with E-state index < -0.39 is 0 Å². The van der Waals surface area contributed by atoms with Crippen molar-refractivity contribution in [2.24, 2.45) is 0 Å². The first-order chi connectivity index (χ1) is 9.67. The van der Waals surface area contributed by atoms with Gasteiger partial charge in [0, 0.05) is 50.7 Å². The summed E-state index contributed by atoms with van der Waals surface area (Å²) in [4.78, 5) is 2.16. The number of ether oxygens (including phenoxy) is 4. The van der Waals surface area contributed by atoms with Crippen molar-refractivity contribution in [2.45, 2.75) is 0 Å². The van der Waals surface area contributed by atoms with Gasteiger partial charge in [-0.05, 0) is 6.92 Å². The molecule has 5 nitrogen and oxygen atoms in total. The minimum Gasteiger partial charge on any atom is -0.496 e. The van der Waals surface area contributed by atoms with Crippen LogP contribution in [-0.4, -0.2) is 54.7 Å². The third kappa shape index (κ3) is 4.28. The molecule has 0 aliphatic rings. The van der Waals surface area contributed by atoms with Gasteiger partial charge in [-0.3, -0.25) is 0 Å². The molecule has 1 rings (SSSR count). The molecule has 0 atom stereocenters. The Balaban J connectivity index is 3.04. The van der Waals surface area contributed by atoms with Crippen LogP contribution < -0.4 is 14.4 Å². The molecule has 0 saturated carbocycles. The largest absolute Gasteiger partial charge is 0.496 e. The maximum absolute atomic E-state index is 5.36. The van der Waals surface area contributed by atoms with E-state index in [0.717, 1.165) is 24.3 Å². The van der Waals surface area contributed by atoms with Crippen LogP contribution in [0.5, 0.6) is 11.5 Å². The molecule has 0 amide bonds. The van der Waals surface area contributed by atoms with Gasteiger partial charge in [0.15, 0.2) is 0 Å². The molecule has 0 aliphatic heterocycles. The fourth-order valence-corrected chi connectivity index (χ4v) is 1.93. The number of rotatable bonds is 9. The lowest BCUT2D eigenvalue weighted by molar-refractivity contribution is 0.190. The lowest BCUT2D eigenvalue weighted by atomic mass is 10.1. The summed E-state index contributed by atoms with van der Waals surface area (Å²) < 4.78 is 21.0. The predicted octanol–water partition coefficient (Wildman–Crippen LogP) is 1.99. The lowest BCUT2D eigenvalue weighted by Crippen LogP contribution is -2.30. The molecular weight excluding hydrogens is 258 g/mol. The average molecular weight is 282 g/mol. The van der Waals surface area contributed by atoms with Crippen molar-refractivity contribution in [1.29, 1.82) is 0 Å². The second-order valence-corrected chi connectivity index (χ2v) is 4.30. The van der Waals surface area contributed by atoms with Gasteiger partial charge in [0.25, 0.3) is 0 Å². The number of nitrogens with zero attached hydrogens (tertiary/aromatic N) is 1. The third-order valence-corrected chi connectivity index (χ3v) is 3.09. The van der Waals surface area contributed by atoms with Crippen LogP contribution in [0.25, 0.3) is 0 Å². The number of anilines is 1. The zero-order valence-corrected chi connectivity index (χ0v) is 12.8. The van der Waals surface area contributed by atoms with Crippen molar-refractivity contribution in [3.63, 3.8) is 0 Å². The van der Waals surface area contributed by atoms with Gasteiger partial charge in [0.2, 0.25) is 0 Å². The summed E-state index contributed by atoms with van der Waals surface area (Å²) in [6.45, 7) is 6.78. The van der Waals surface area contributed by atoms with Gasteiger partial charge >= 0.3 is 0 Å². The quantitative estimate of drug-likeness (QED) is 0.692. The molecule has 0 heterocycles. The second-order valence-electron chi connectivity index (χ2n) is 4.30. The molecular formula is C15H24NO4. The maximum Gasteiger partial charge on any atom is 0.127 e. The van der Waals surface area contributed by atoms with E-state index in [0.29, 0.717) is 24.7 Å². The molecule has 20 heavy (non-hydrogen) atoms. The summed E-state index contributed by atoms with van der Waals surface area (Å²) in [6, 6.07) is 3.91. The van der Waals surface area contributed by atoms with Gasteiger partial charge in [-0.15, -0.1) is 0 Å². The zero-order chi connectivity index (χ0) is 15.0. The van der Waals surface area contributed by atoms with Crippen LogP contribution in [0.4, 0.5) is 5.69 Å². The third-order valence-electron chi connectivity index (χ3n) is 3.09.